The zero-order valence-electron chi connectivity index (χ0n) is 10.4. The van der Waals surface area contributed by atoms with E-state index < -0.39 is 0 Å². The number of hydrogen-bond donors (Lipinski definition) is 2. The lowest BCUT2D eigenvalue weighted by Gasteiger charge is -2.29. The Morgan fingerprint density at radius 3 is 2.94 bits per heavy atom. The van der Waals surface area contributed by atoms with Crippen molar-refractivity contribution in [2.45, 2.75) is 52.0 Å². The van der Waals surface area contributed by atoms with E-state index in [4.69, 9.17) is 5.41 Å². The molecule has 1 heterocycles. The molecule has 0 radical (unpaired) electrons. The number of amidine groups is 1. The van der Waals surface area contributed by atoms with E-state index in [1.54, 1.807) is 0 Å². The van der Waals surface area contributed by atoms with E-state index >= 15 is 0 Å². The second kappa shape index (κ2) is 6.51. The Morgan fingerprint density at radius 2 is 2.31 bits per heavy atom. The van der Waals surface area contributed by atoms with Gasteiger partial charge in [-0.15, -0.1) is 0 Å². The maximum Gasteiger partial charge on any atom is 0.221 e. The standard InChI is InChI=1S/C12H23N3O/c1-3-10(2)14-12(16)7-9-15-8-5-4-6-11(15)13/h10,13H,3-9H2,1-2H3,(H,14,16). The van der Waals surface area contributed by atoms with Crippen molar-refractivity contribution in [3.63, 3.8) is 0 Å². The topological polar surface area (TPSA) is 56.2 Å². The summed E-state index contributed by atoms with van der Waals surface area (Å²) in [5.41, 5.74) is 0. The van der Waals surface area contributed by atoms with E-state index in [0.717, 1.165) is 32.2 Å². The predicted molar refractivity (Wildman–Crippen MR) is 65.7 cm³/mol. The van der Waals surface area contributed by atoms with Crippen molar-refractivity contribution in [3.8, 4) is 0 Å². The normalized spacial score (nSPS) is 18.4. The monoisotopic (exact) mass is 225 g/mol. The lowest BCUT2D eigenvalue weighted by Crippen LogP contribution is -2.39. The fourth-order valence-electron chi connectivity index (χ4n) is 1.82. The summed E-state index contributed by atoms with van der Waals surface area (Å²) in [6.07, 6.45) is 4.61. The average Bonchev–Trinajstić information content (AvgIpc) is 2.28. The van der Waals surface area contributed by atoms with Crippen LogP contribution in [0, 0.1) is 5.41 Å². The zero-order chi connectivity index (χ0) is 12.0. The maximum absolute atomic E-state index is 11.6. The van der Waals surface area contributed by atoms with Gasteiger partial charge >= 0.3 is 0 Å². The average molecular weight is 225 g/mol. The highest BCUT2D eigenvalue weighted by atomic mass is 16.1. The Bertz CT molecular complexity index is 253. The molecule has 0 spiro atoms. The summed E-state index contributed by atoms with van der Waals surface area (Å²) in [7, 11) is 0. The van der Waals surface area contributed by atoms with Gasteiger partial charge in [0.1, 0.15) is 0 Å². The Morgan fingerprint density at radius 1 is 1.56 bits per heavy atom. The third-order valence-corrected chi connectivity index (χ3v) is 3.10. The molecule has 1 aliphatic rings. The maximum atomic E-state index is 11.6. The molecule has 0 aromatic heterocycles. The number of carbonyl (C=O) groups is 1. The number of hydrogen-bond acceptors (Lipinski definition) is 2. The molecule has 2 N–H and O–H groups in total. The highest BCUT2D eigenvalue weighted by Crippen LogP contribution is 2.10. The number of rotatable bonds is 5. The fourth-order valence-corrected chi connectivity index (χ4v) is 1.82. The molecular weight excluding hydrogens is 202 g/mol. The molecule has 92 valence electrons. The Balaban J connectivity index is 2.22. The highest BCUT2D eigenvalue weighted by molar-refractivity contribution is 5.81. The van der Waals surface area contributed by atoms with Crippen LogP contribution in [-0.4, -0.2) is 35.8 Å². The van der Waals surface area contributed by atoms with E-state index in [1.807, 2.05) is 11.8 Å². The van der Waals surface area contributed by atoms with Crippen LogP contribution in [0.5, 0.6) is 0 Å². The van der Waals surface area contributed by atoms with Crippen LogP contribution < -0.4 is 5.32 Å². The largest absolute Gasteiger partial charge is 0.360 e. The molecule has 16 heavy (non-hydrogen) atoms. The van der Waals surface area contributed by atoms with Gasteiger partial charge in [0, 0.05) is 32.0 Å². The van der Waals surface area contributed by atoms with Gasteiger partial charge in [-0.2, -0.15) is 0 Å². The second-order valence-electron chi connectivity index (χ2n) is 4.52. The van der Waals surface area contributed by atoms with Crippen LogP contribution >= 0.6 is 0 Å². The van der Waals surface area contributed by atoms with Crippen molar-refractivity contribution < 1.29 is 4.79 Å². The number of amides is 1. The van der Waals surface area contributed by atoms with Crippen LogP contribution in [0.15, 0.2) is 0 Å². The predicted octanol–water partition coefficient (Wildman–Crippen LogP) is 1.75. The van der Waals surface area contributed by atoms with Crippen molar-refractivity contribution >= 4 is 11.7 Å². The minimum absolute atomic E-state index is 0.104. The first kappa shape index (κ1) is 13.0. The fraction of sp³-hybridized carbons (Fsp3) is 0.833. The SMILES string of the molecule is CCC(C)NC(=O)CCN1CCCCC1=N. The van der Waals surface area contributed by atoms with Crippen LogP contribution in [0.25, 0.3) is 0 Å². The first-order valence-corrected chi connectivity index (χ1v) is 6.25. The van der Waals surface area contributed by atoms with Gasteiger partial charge in [0.2, 0.25) is 5.91 Å². The lowest BCUT2D eigenvalue weighted by molar-refractivity contribution is -0.121. The summed E-state index contributed by atoms with van der Waals surface area (Å²) in [6.45, 7) is 5.71. The summed E-state index contributed by atoms with van der Waals surface area (Å²) < 4.78 is 0. The molecule has 1 aliphatic heterocycles. The Kier molecular flexibility index (Phi) is 5.29. The van der Waals surface area contributed by atoms with Crippen LogP contribution in [0.1, 0.15) is 46.0 Å². The first-order valence-electron chi connectivity index (χ1n) is 6.25. The molecule has 0 bridgehead atoms. The zero-order valence-corrected chi connectivity index (χ0v) is 10.4. The minimum Gasteiger partial charge on any atom is -0.360 e. The van der Waals surface area contributed by atoms with Crippen molar-refractivity contribution in [1.82, 2.24) is 10.2 Å². The molecule has 4 heteroatoms. The molecule has 1 saturated heterocycles. The van der Waals surface area contributed by atoms with Gasteiger partial charge in [0.05, 0.1) is 5.84 Å². The summed E-state index contributed by atoms with van der Waals surface area (Å²) >= 11 is 0. The summed E-state index contributed by atoms with van der Waals surface area (Å²) in [6, 6.07) is 0.258. The number of likely N-dealkylation sites (tertiary alicyclic amines) is 1. The van der Waals surface area contributed by atoms with Gasteiger partial charge in [-0.3, -0.25) is 10.2 Å². The van der Waals surface area contributed by atoms with Crippen molar-refractivity contribution in [2.24, 2.45) is 0 Å². The lowest BCUT2D eigenvalue weighted by atomic mass is 10.1. The quantitative estimate of drug-likeness (QED) is 0.749. The Hall–Kier alpha value is -1.06. The van der Waals surface area contributed by atoms with Crippen LogP contribution in [0.4, 0.5) is 0 Å². The van der Waals surface area contributed by atoms with Gasteiger partial charge in [-0.25, -0.2) is 0 Å². The Labute approximate surface area is 97.9 Å². The molecule has 0 saturated carbocycles. The molecule has 0 aromatic carbocycles. The van der Waals surface area contributed by atoms with E-state index in [2.05, 4.69) is 12.2 Å². The number of carbonyl (C=O) groups excluding carboxylic acids is 1. The van der Waals surface area contributed by atoms with Gasteiger partial charge in [0.15, 0.2) is 0 Å². The molecule has 0 aromatic rings. The smallest absolute Gasteiger partial charge is 0.221 e. The molecule has 1 atom stereocenters. The van der Waals surface area contributed by atoms with Crippen LogP contribution in [-0.2, 0) is 4.79 Å². The van der Waals surface area contributed by atoms with Crippen molar-refractivity contribution in [2.75, 3.05) is 13.1 Å². The van der Waals surface area contributed by atoms with Crippen molar-refractivity contribution in [1.29, 1.82) is 5.41 Å². The molecule has 4 nitrogen and oxygen atoms in total. The highest BCUT2D eigenvalue weighted by Gasteiger charge is 2.15. The first-order chi connectivity index (χ1) is 7.63. The molecule has 1 unspecified atom stereocenters. The van der Waals surface area contributed by atoms with Gasteiger partial charge in [-0.05, 0) is 26.2 Å². The van der Waals surface area contributed by atoms with E-state index in [9.17, 15) is 4.79 Å². The van der Waals surface area contributed by atoms with Gasteiger partial charge in [0.25, 0.3) is 0 Å². The van der Waals surface area contributed by atoms with Crippen molar-refractivity contribution in [3.05, 3.63) is 0 Å². The van der Waals surface area contributed by atoms with E-state index in [1.165, 1.54) is 0 Å². The summed E-state index contributed by atoms with van der Waals surface area (Å²) in [5.74, 6) is 0.801. The third-order valence-electron chi connectivity index (χ3n) is 3.10. The summed E-state index contributed by atoms with van der Waals surface area (Å²) in [5, 5.41) is 10.7. The van der Waals surface area contributed by atoms with Crippen LogP contribution in [0.3, 0.4) is 0 Å². The third kappa shape index (κ3) is 4.21. The molecular formula is C12H23N3O. The molecule has 0 aliphatic carbocycles. The number of piperidine rings is 1. The molecule has 1 fully saturated rings. The van der Waals surface area contributed by atoms with E-state index in [-0.39, 0.29) is 11.9 Å². The second-order valence-corrected chi connectivity index (χ2v) is 4.52. The van der Waals surface area contributed by atoms with E-state index in [0.29, 0.717) is 18.8 Å². The van der Waals surface area contributed by atoms with Gasteiger partial charge < -0.3 is 10.2 Å². The number of nitrogens with zero attached hydrogens (tertiary/aromatic N) is 1. The molecule has 1 amide bonds. The number of nitrogens with one attached hydrogen (secondary N) is 2. The molecule has 1 rings (SSSR count). The van der Waals surface area contributed by atoms with Gasteiger partial charge in [-0.1, -0.05) is 6.92 Å². The summed E-state index contributed by atoms with van der Waals surface area (Å²) in [4.78, 5) is 13.6. The minimum atomic E-state index is 0.104. The van der Waals surface area contributed by atoms with Crippen LogP contribution in [0.2, 0.25) is 0 Å².